The maximum atomic E-state index is 12.8. The molecule has 0 atom stereocenters. The van der Waals surface area contributed by atoms with Crippen LogP contribution in [0.4, 0.5) is 5.69 Å². The topological polar surface area (TPSA) is 85.7 Å². The van der Waals surface area contributed by atoms with Crippen molar-refractivity contribution in [2.24, 2.45) is 13.0 Å². The molecule has 8 nitrogen and oxygen atoms in total. The van der Waals surface area contributed by atoms with E-state index in [1.165, 1.54) is 0 Å². The molecular formula is C20H24N4O4. The lowest BCUT2D eigenvalue weighted by atomic mass is 9.95. The fourth-order valence-electron chi connectivity index (χ4n) is 3.62. The van der Waals surface area contributed by atoms with Crippen molar-refractivity contribution in [2.75, 3.05) is 25.2 Å². The van der Waals surface area contributed by atoms with Crippen LogP contribution >= 0.6 is 0 Å². The Morgan fingerprint density at radius 3 is 2.64 bits per heavy atom. The molecule has 1 N–H and O–H groups in total. The number of hydrogen-bond acceptors (Lipinski definition) is 5. The van der Waals surface area contributed by atoms with E-state index in [9.17, 15) is 9.59 Å². The second kappa shape index (κ2) is 7.53. The lowest BCUT2D eigenvalue weighted by Crippen LogP contribution is -2.42. The van der Waals surface area contributed by atoms with Gasteiger partial charge in [-0.05, 0) is 37.5 Å². The van der Waals surface area contributed by atoms with Crippen molar-refractivity contribution in [2.45, 2.75) is 26.2 Å². The number of piperidine rings is 1. The molecule has 1 aromatic carbocycles. The Hall–Kier alpha value is -3.03. The molecule has 2 aliphatic rings. The average Bonchev–Trinajstić information content (AvgIpc) is 3.33. The third-order valence-electron chi connectivity index (χ3n) is 5.30. The maximum Gasteiger partial charge on any atom is 0.272 e. The summed E-state index contributed by atoms with van der Waals surface area (Å²) >= 11 is 0. The summed E-state index contributed by atoms with van der Waals surface area (Å²) in [5.41, 5.74) is 2.19. The number of aryl methyl sites for hydroxylation is 2. The first kappa shape index (κ1) is 18.3. The van der Waals surface area contributed by atoms with Crippen molar-refractivity contribution < 1.29 is 19.1 Å². The van der Waals surface area contributed by atoms with Crippen LogP contribution in [0.3, 0.4) is 0 Å². The number of nitrogens with one attached hydrogen (secondary N) is 1. The van der Waals surface area contributed by atoms with Crippen LogP contribution in [0, 0.1) is 5.92 Å². The van der Waals surface area contributed by atoms with Crippen LogP contribution in [0.1, 0.15) is 35.9 Å². The summed E-state index contributed by atoms with van der Waals surface area (Å²) in [4.78, 5) is 27.2. The van der Waals surface area contributed by atoms with Crippen LogP contribution in [0.5, 0.6) is 11.5 Å². The number of fused-ring (bicyclic) bond motifs is 1. The largest absolute Gasteiger partial charge is 0.454 e. The smallest absolute Gasteiger partial charge is 0.272 e. The molecule has 0 radical (unpaired) electrons. The molecule has 148 valence electrons. The zero-order valence-corrected chi connectivity index (χ0v) is 16.1. The predicted octanol–water partition coefficient (Wildman–Crippen LogP) is 2.20. The van der Waals surface area contributed by atoms with E-state index in [4.69, 9.17) is 9.47 Å². The van der Waals surface area contributed by atoms with Gasteiger partial charge in [-0.15, -0.1) is 0 Å². The average molecular weight is 384 g/mol. The normalized spacial score (nSPS) is 16.3. The molecule has 2 aromatic rings. The van der Waals surface area contributed by atoms with E-state index in [-0.39, 0.29) is 24.5 Å². The molecule has 0 unspecified atom stereocenters. The van der Waals surface area contributed by atoms with Crippen molar-refractivity contribution in [3.8, 4) is 11.5 Å². The van der Waals surface area contributed by atoms with Crippen molar-refractivity contribution in [3.63, 3.8) is 0 Å². The van der Waals surface area contributed by atoms with Crippen molar-refractivity contribution >= 4 is 17.5 Å². The molecule has 2 aliphatic heterocycles. The number of nitrogens with zero attached hydrogens (tertiary/aromatic N) is 3. The molecule has 0 saturated carbocycles. The Kier molecular flexibility index (Phi) is 4.93. The van der Waals surface area contributed by atoms with Crippen LogP contribution in [0.2, 0.25) is 0 Å². The fraction of sp³-hybridized carbons (Fsp3) is 0.450. The summed E-state index contributed by atoms with van der Waals surface area (Å²) in [5, 5.41) is 7.29. The number of rotatable bonds is 4. The Morgan fingerprint density at radius 2 is 1.93 bits per heavy atom. The predicted molar refractivity (Wildman–Crippen MR) is 102 cm³/mol. The minimum atomic E-state index is -0.118. The van der Waals surface area contributed by atoms with Crippen molar-refractivity contribution in [1.82, 2.24) is 14.7 Å². The summed E-state index contributed by atoms with van der Waals surface area (Å²) in [7, 11) is 1.79. The number of hydrogen-bond donors (Lipinski definition) is 1. The van der Waals surface area contributed by atoms with Gasteiger partial charge < -0.3 is 19.7 Å². The van der Waals surface area contributed by atoms with Gasteiger partial charge in [-0.3, -0.25) is 14.3 Å². The maximum absolute atomic E-state index is 12.8. The molecule has 3 heterocycles. The number of benzene rings is 1. The van der Waals surface area contributed by atoms with Gasteiger partial charge in [0.2, 0.25) is 12.7 Å². The van der Waals surface area contributed by atoms with Crippen LogP contribution in [-0.2, 0) is 18.3 Å². The van der Waals surface area contributed by atoms with E-state index in [0.29, 0.717) is 48.8 Å². The Balaban J connectivity index is 1.34. The molecule has 1 saturated heterocycles. The van der Waals surface area contributed by atoms with E-state index in [2.05, 4.69) is 10.4 Å². The Bertz CT molecular complexity index is 900. The summed E-state index contributed by atoms with van der Waals surface area (Å²) in [6.07, 6.45) is 2.07. The minimum absolute atomic E-state index is 0.0238. The van der Waals surface area contributed by atoms with Gasteiger partial charge in [-0.1, -0.05) is 6.92 Å². The first-order chi connectivity index (χ1) is 13.5. The number of amides is 2. The molecule has 1 fully saturated rings. The second-order valence-corrected chi connectivity index (χ2v) is 7.12. The molecule has 2 amide bonds. The molecule has 28 heavy (non-hydrogen) atoms. The highest BCUT2D eigenvalue weighted by molar-refractivity contribution is 5.94. The number of anilines is 1. The Labute approximate surface area is 163 Å². The van der Waals surface area contributed by atoms with Crippen molar-refractivity contribution in [1.29, 1.82) is 0 Å². The quantitative estimate of drug-likeness (QED) is 0.873. The van der Waals surface area contributed by atoms with E-state index < -0.39 is 0 Å². The standard InChI is InChI=1S/C20H24N4O4/c1-3-14-10-16(23(2)22-14)20(26)24-8-6-13(7-9-24)19(25)21-15-4-5-17-18(11-15)28-12-27-17/h4-5,10-11,13H,3,6-9,12H2,1-2H3,(H,21,25). The van der Waals surface area contributed by atoms with Gasteiger partial charge in [-0.2, -0.15) is 5.10 Å². The number of ether oxygens (including phenoxy) is 2. The van der Waals surface area contributed by atoms with Gasteiger partial charge in [0.1, 0.15) is 5.69 Å². The van der Waals surface area contributed by atoms with E-state index in [1.807, 2.05) is 13.0 Å². The lowest BCUT2D eigenvalue weighted by molar-refractivity contribution is -0.121. The second-order valence-electron chi connectivity index (χ2n) is 7.12. The third kappa shape index (κ3) is 3.54. The molecule has 4 rings (SSSR count). The molecule has 0 bridgehead atoms. The fourth-order valence-corrected chi connectivity index (χ4v) is 3.62. The summed E-state index contributed by atoms with van der Waals surface area (Å²) in [6, 6.07) is 7.21. The van der Waals surface area contributed by atoms with Gasteiger partial charge in [0.25, 0.3) is 5.91 Å². The highest BCUT2D eigenvalue weighted by Gasteiger charge is 2.29. The number of carbonyl (C=O) groups excluding carboxylic acids is 2. The first-order valence-corrected chi connectivity index (χ1v) is 9.58. The van der Waals surface area contributed by atoms with Crippen LogP contribution in [0.15, 0.2) is 24.3 Å². The minimum Gasteiger partial charge on any atom is -0.454 e. The summed E-state index contributed by atoms with van der Waals surface area (Å²) in [6.45, 7) is 3.34. The highest BCUT2D eigenvalue weighted by Crippen LogP contribution is 2.34. The van der Waals surface area contributed by atoms with Crippen molar-refractivity contribution in [3.05, 3.63) is 35.7 Å². The molecule has 0 spiro atoms. The first-order valence-electron chi connectivity index (χ1n) is 9.58. The van der Waals surface area contributed by atoms with Crippen LogP contribution in [0.25, 0.3) is 0 Å². The van der Waals surface area contributed by atoms with E-state index in [1.54, 1.807) is 34.8 Å². The van der Waals surface area contributed by atoms with Gasteiger partial charge >= 0.3 is 0 Å². The van der Waals surface area contributed by atoms with Crippen LogP contribution in [-0.4, -0.2) is 46.4 Å². The third-order valence-corrected chi connectivity index (χ3v) is 5.30. The van der Waals surface area contributed by atoms with Gasteiger partial charge in [-0.25, -0.2) is 0 Å². The van der Waals surface area contributed by atoms with E-state index >= 15 is 0 Å². The molecular weight excluding hydrogens is 360 g/mol. The van der Waals surface area contributed by atoms with Gasteiger partial charge in [0.15, 0.2) is 11.5 Å². The number of carbonyl (C=O) groups is 2. The van der Waals surface area contributed by atoms with Crippen LogP contribution < -0.4 is 14.8 Å². The van der Waals surface area contributed by atoms with E-state index in [0.717, 1.165) is 12.1 Å². The number of likely N-dealkylation sites (tertiary alicyclic amines) is 1. The highest BCUT2D eigenvalue weighted by atomic mass is 16.7. The summed E-state index contributed by atoms with van der Waals surface area (Å²) < 4.78 is 12.3. The van der Waals surface area contributed by atoms with Gasteiger partial charge in [0, 0.05) is 37.8 Å². The molecule has 8 heteroatoms. The molecule has 0 aliphatic carbocycles. The number of aromatic nitrogens is 2. The monoisotopic (exact) mass is 384 g/mol. The SMILES string of the molecule is CCc1cc(C(=O)N2CCC(C(=O)Nc3ccc4c(c3)OCO4)CC2)n(C)n1. The molecule has 1 aromatic heterocycles. The van der Waals surface area contributed by atoms with Gasteiger partial charge in [0.05, 0.1) is 5.69 Å². The summed E-state index contributed by atoms with van der Waals surface area (Å²) in [5.74, 6) is 1.16. The zero-order chi connectivity index (χ0) is 19.7. The lowest BCUT2D eigenvalue weighted by Gasteiger charge is -2.31. The zero-order valence-electron chi connectivity index (χ0n) is 16.1. The Morgan fingerprint density at radius 1 is 1.18 bits per heavy atom.